The Labute approximate surface area is 122 Å². The molecule has 0 aromatic heterocycles. The Morgan fingerprint density at radius 2 is 1.70 bits per heavy atom. The fourth-order valence-corrected chi connectivity index (χ4v) is 3.90. The van der Waals surface area contributed by atoms with Crippen molar-refractivity contribution >= 4 is 9.84 Å². The maximum Gasteiger partial charge on any atom is 0.179 e. The maximum atomic E-state index is 12.2. The molecule has 4 heteroatoms. The summed E-state index contributed by atoms with van der Waals surface area (Å²) < 4.78 is 24.4. The lowest BCUT2D eigenvalue weighted by Crippen LogP contribution is -2.35. The molecular weight excluding hydrogens is 270 g/mol. The molecular formula is C16H25NO2S. The molecule has 1 aromatic rings. The zero-order valence-corrected chi connectivity index (χ0v) is 13.2. The number of hydrogen-bond donors (Lipinski definition) is 1. The van der Waals surface area contributed by atoms with Crippen molar-refractivity contribution in [3.63, 3.8) is 0 Å². The summed E-state index contributed by atoms with van der Waals surface area (Å²) in [5.74, 6) is 1.01. The van der Waals surface area contributed by atoms with Gasteiger partial charge in [0.1, 0.15) is 0 Å². The number of sulfone groups is 1. The zero-order valence-electron chi connectivity index (χ0n) is 12.4. The topological polar surface area (TPSA) is 46.2 Å². The van der Waals surface area contributed by atoms with Crippen LogP contribution in [0.4, 0.5) is 0 Å². The molecule has 0 heterocycles. The summed E-state index contributed by atoms with van der Waals surface area (Å²) in [6.45, 7) is 4.80. The minimum Gasteiger partial charge on any atom is -0.313 e. The third kappa shape index (κ3) is 4.32. The quantitative estimate of drug-likeness (QED) is 0.908. The Hall–Kier alpha value is -0.870. The van der Waals surface area contributed by atoms with E-state index in [1.807, 2.05) is 19.1 Å². The Bertz CT molecular complexity index is 514. The van der Waals surface area contributed by atoms with Gasteiger partial charge in [-0.1, -0.05) is 24.6 Å². The normalized spacial score (nSPS) is 23.7. The van der Waals surface area contributed by atoms with E-state index in [0.29, 0.717) is 17.5 Å². The Kier molecular flexibility index (Phi) is 5.22. The van der Waals surface area contributed by atoms with Crippen molar-refractivity contribution in [3.05, 3.63) is 29.8 Å². The van der Waals surface area contributed by atoms with E-state index in [4.69, 9.17) is 0 Å². The van der Waals surface area contributed by atoms with E-state index in [1.165, 1.54) is 25.7 Å². The van der Waals surface area contributed by atoms with Crippen LogP contribution in [0.5, 0.6) is 0 Å². The molecule has 0 bridgehead atoms. The first-order valence-electron chi connectivity index (χ1n) is 7.50. The monoisotopic (exact) mass is 295 g/mol. The predicted octanol–water partition coefficient (Wildman–Crippen LogP) is 2.94. The van der Waals surface area contributed by atoms with Crippen LogP contribution >= 0.6 is 0 Å². The molecule has 0 aliphatic heterocycles. The lowest BCUT2D eigenvalue weighted by atomic mass is 9.87. The molecule has 0 unspecified atom stereocenters. The van der Waals surface area contributed by atoms with Crippen LogP contribution in [0, 0.1) is 12.8 Å². The van der Waals surface area contributed by atoms with Gasteiger partial charge >= 0.3 is 0 Å². The van der Waals surface area contributed by atoms with Gasteiger partial charge in [-0.05, 0) is 50.7 Å². The molecule has 112 valence electrons. The Balaban J connectivity index is 1.82. The van der Waals surface area contributed by atoms with Crippen LogP contribution in [-0.2, 0) is 9.84 Å². The summed E-state index contributed by atoms with van der Waals surface area (Å²) in [4.78, 5) is 0.433. The Morgan fingerprint density at radius 3 is 2.30 bits per heavy atom. The van der Waals surface area contributed by atoms with Crippen molar-refractivity contribution in [3.8, 4) is 0 Å². The average molecular weight is 295 g/mol. The van der Waals surface area contributed by atoms with Gasteiger partial charge in [-0.2, -0.15) is 0 Å². The highest BCUT2D eigenvalue weighted by Crippen LogP contribution is 2.23. The summed E-state index contributed by atoms with van der Waals surface area (Å²) in [7, 11) is -3.15. The van der Waals surface area contributed by atoms with Gasteiger partial charge in [-0.3, -0.25) is 0 Å². The third-order valence-electron chi connectivity index (χ3n) is 4.20. The smallest absolute Gasteiger partial charge is 0.179 e. The molecule has 0 radical (unpaired) electrons. The van der Waals surface area contributed by atoms with Crippen LogP contribution in [0.2, 0.25) is 0 Å². The zero-order chi connectivity index (χ0) is 14.6. The van der Waals surface area contributed by atoms with Crippen LogP contribution in [0.25, 0.3) is 0 Å². The standard InChI is InChI=1S/C16H25NO2S/c1-13-3-7-15(8-4-13)17-11-12-20(18,19)16-9-5-14(2)6-10-16/h5-6,9-10,13,15,17H,3-4,7-8,11-12H2,1-2H3. The number of benzene rings is 1. The second-order valence-corrected chi connectivity index (χ2v) is 8.15. The Morgan fingerprint density at radius 1 is 1.10 bits per heavy atom. The summed E-state index contributed by atoms with van der Waals surface area (Å²) in [6, 6.07) is 7.60. The molecule has 0 saturated heterocycles. The summed E-state index contributed by atoms with van der Waals surface area (Å²) in [5.41, 5.74) is 1.08. The van der Waals surface area contributed by atoms with E-state index in [0.717, 1.165) is 11.5 Å². The van der Waals surface area contributed by atoms with Crippen molar-refractivity contribution in [2.75, 3.05) is 12.3 Å². The molecule has 1 aromatic carbocycles. The van der Waals surface area contributed by atoms with E-state index < -0.39 is 9.84 Å². The van der Waals surface area contributed by atoms with Gasteiger partial charge in [0.2, 0.25) is 0 Å². The van der Waals surface area contributed by atoms with Crippen LogP contribution in [0.1, 0.15) is 38.2 Å². The van der Waals surface area contributed by atoms with E-state index in [2.05, 4.69) is 12.2 Å². The lowest BCUT2D eigenvalue weighted by Gasteiger charge is -2.27. The van der Waals surface area contributed by atoms with Gasteiger partial charge in [0.05, 0.1) is 10.6 Å². The summed E-state index contributed by atoms with van der Waals surface area (Å²) in [5, 5.41) is 3.40. The van der Waals surface area contributed by atoms with E-state index in [1.54, 1.807) is 12.1 Å². The molecule has 3 nitrogen and oxygen atoms in total. The van der Waals surface area contributed by atoms with Crippen LogP contribution < -0.4 is 5.32 Å². The lowest BCUT2D eigenvalue weighted by molar-refractivity contribution is 0.311. The van der Waals surface area contributed by atoms with Gasteiger partial charge < -0.3 is 5.32 Å². The van der Waals surface area contributed by atoms with Crippen LogP contribution in [0.15, 0.2) is 29.2 Å². The fourth-order valence-electron chi connectivity index (χ4n) is 2.73. The largest absolute Gasteiger partial charge is 0.313 e. The van der Waals surface area contributed by atoms with Gasteiger partial charge in [0.15, 0.2) is 9.84 Å². The van der Waals surface area contributed by atoms with Gasteiger partial charge in [-0.15, -0.1) is 0 Å². The number of aryl methyl sites for hydroxylation is 1. The highest BCUT2D eigenvalue weighted by molar-refractivity contribution is 7.91. The molecule has 1 aliphatic rings. The molecule has 1 fully saturated rings. The highest BCUT2D eigenvalue weighted by atomic mass is 32.2. The van der Waals surface area contributed by atoms with Crippen LogP contribution in [0.3, 0.4) is 0 Å². The summed E-state index contributed by atoms with van der Waals surface area (Å²) in [6.07, 6.45) is 4.85. The SMILES string of the molecule is Cc1ccc(S(=O)(=O)CCNC2CCC(C)CC2)cc1. The fraction of sp³-hybridized carbons (Fsp3) is 0.625. The van der Waals surface area contributed by atoms with Crippen molar-refractivity contribution < 1.29 is 8.42 Å². The minimum absolute atomic E-state index is 0.183. The molecule has 1 saturated carbocycles. The molecule has 20 heavy (non-hydrogen) atoms. The van der Waals surface area contributed by atoms with E-state index >= 15 is 0 Å². The molecule has 2 rings (SSSR count). The van der Waals surface area contributed by atoms with Crippen molar-refractivity contribution in [1.29, 1.82) is 0 Å². The molecule has 0 amide bonds. The minimum atomic E-state index is -3.15. The maximum absolute atomic E-state index is 12.2. The van der Waals surface area contributed by atoms with Gasteiger partial charge in [0.25, 0.3) is 0 Å². The number of rotatable bonds is 5. The van der Waals surface area contributed by atoms with E-state index in [-0.39, 0.29) is 5.75 Å². The van der Waals surface area contributed by atoms with Crippen molar-refractivity contribution in [1.82, 2.24) is 5.32 Å². The van der Waals surface area contributed by atoms with Crippen molar-refractivity contribution in [2.24, 2.45) is 5.92 Å². The molecule has 0 spiro atoms. The summed E-state index contributed by atoms with van der Waals surface area (Å²) >= 11 is 0. The second kappa shape index (κ2) is 6.72. The average Bonchev–Trinajstić information content (AvgIpc) is 2.41. The predicted molar refractivity (Wildman–Crippen MR) is 82.7 cm³/mol. The van der Waals surface area contributed by atoms with Crippen LogP contribution in [-0.4, -0.2) is 26.8 Å². The molecule has 1 aliphatic carbocycles. The molecule has 1 N–H and O–H groups in total. The number of nitrogens with one attached hydrogen (secondary N) is 1. The third-order valence-corrected chi connectivity index (χ3v) is 5.93. The van der Waals surface area contributed by atoms with Crippen molar-refractivity contribution in [2.45, 2.75) is 50.5 Å². The first kappa shape index (κ1) is 15.5. The first-order valence-corrected chi connectivity index (χ1v) is 9.15. The highest BCUT2D eigenvalue weighted by Gasteiger charge is 2.19. The van der Waals surface area contributed by atoms with Gasteiger partial charge in [-0.25, -0.2) is 8.42 Å². The number of hydrogen-bond acceptors (Lipinski definition) is 3. The first-order chi connectivity index (χ1) is 9.47. The van der Waals surface area contributed by atoms with Gasteiger partial charge in [0, 0.05) is 12.6 Å². The molecule has 0 atom stereocenters. The van der Waals surface area contributed by atoms with E-state index in [9.17, 15) is 8.42 Å². The second-order valence-electron chi connectivity index (χ2n) is 6.04.